The molecule has 1 N–H and O–H groups in total. The zero-order valence-corrected chi connectivity index (χ0v) is 10.4. The van der Waals surface area contributed by atoms with E-state index in [1.54, 1.807) is 0 Å². The van der Waals surface area contributed by atoms with Crippen molar-refractivity contribution in [2.45, 2.75) is 18.0 Å². The van der Waals surface area contributed by atoms with Gasteiger partial charge in [-0.2, -0.15) is 0 Å². The average molecular weight is 260 g/mol. The van der Waals surface area contributed by atoms with Crippen LogP contribution in [0.15, 0.2) is 17.6 Å². The van der Waals surface area contributed by atoms with Gasteiger partial charge in [-0.25, -0.2) is 9.97 Å². The van der Waals surface area contributed by atoms with E-state index >= 15 is 0 Å². The van der Waals surface area contributed by atoms with Crippen molar-refractivity contribution in [2.75, 3.05) is 18.8 Å². The number of aromatic nitrogens is 2. The summed E-state index contributed by atoms with van der Waals surface area (Å²) in [5, 5.41) is 4.16. The molecule has 1 aliphatic heterocycles. The molecule has 0 aromatic carbocycles. The molecule has 1 saturated heterocycles. The van der Waals surface area contributed by atoms with Gasteiger partial charge in [0.1, 0.15) is 0 Å². The Balaban J connectivity index is 1.94. The Morgan fingerprint density at radius 1 is 1.50 bits per heavy atom. The van der Waals surface area contributed by atoms with Crippen molar-refractivity contribution in [3.63, 3.8) is 0 Å². The molecule has 0 bridgehead atoms. The summed E-state index contributed by atoms with van der Waals surface area (Å²) in [5.74, 6) is 1.10. The van der Waals surface area contributed by atoms with Crippen LogP contribution in [-0.4, -0.2) is 33.0 Å². The SMILES string of the molecule is O=[S@](C[C@H]1CCCNC1)c1ncc(Cl)cn1. The molecule has 88 valence electrons. The minimum Gasteiger partial charge on any atom is -0.316 e. The summed E-state index contributed by atoms with van der Waals surface area (Å²) in [4.78, 5) is 7.96. The quantitative estimate of drug-likeness (QED) is 0.830. The van der Waals surface area contributed by atoms with Crippen LogP contribution in [-0.2, 0) is 10.8 Å². The van der Waals surface area contributed by atoms with Gasteiger partial charge in [-0.15, -0.1) is 0 Å². The zero-order valence-electron chi connectivity index (χ0n) is 8.86. The predicted octanol–water partition coefficient (Wildman–Crippen LogP) is 1.24. The molecule has 1 aromatic heterocycles. The van der Waals surface area contributed by atoms with E-state index in [-0.39, 0.29) is 0 Å². The lowest BCUT2D eigenvalue weighted by molar-refractivity contribution is 0.407. The van der Waals surface area contributed by atoms with Crippen molar-refractivity contribution in [2.24, 2.45) is 5.92 Å². The molecule has 1 aliphatic rings. The van der Waals surface area contributed by atoms with Crippen LogP contribution in [0.2, 0.25) is 5.02 Å². The first-order valence-electron chi connectivity index (χ1n) is 5.32. The monoisotopic (exact) mass is 259 g/mol. The maximum atomic E-state index is 11.9. The molecule has 2 rings (SSSR count). The van der Waals surface area contributed by atoms with E-state index in [4.69, 9.17) is 11.6 Å². The van der Waals surface area contributed by atoms with E-state index in [1.165, 1.54) is 12.4 Å². The fourth-order valence-corrected chi connectivity index (χ4v) is 3.07. The van der Waals surface area contributed by atoms with Crippen LogP contribution in [0.25, 0.3) is 0 Å². The number of hydrogen-bond donors (Lipinski definition) is 1. The number of piperidine rings is 1. The minimum atomic E-state index is -1.11. The summed E-state index contributed by atoms with van der Waals surface area (Å²) in [6.45, 7) is 2.01. The van der Waals surface area contributed by atoms with Crippen LogP contribution in [0.3, 0.4) is 0 Å². The molecule has 1 aromatic rings. The molecule has 6 heteroatoms. The topological polar surface area (TPSA) is 54.9 Å². The Morgan fingerprint density at radius 3 is 2.88 bits per heavy atom. The van der Waals surface area contributed by atoms with Gasteiger partial charge >= 0.3 is 0 Å². The summed E-state index contributed by atoms with van der Waals surface area (Å²) in [7, 11) is -1.11. The number of rotatable bonds is 3. The van der Waals surface area contributed by atoms with Crippen molar-refractivity contribution in [1.82, 2.24) is 15.3 Å². The highest BCUT2D eigenvalue weighted by atomic mass is 35.5. The molecule has 0 saturated carbocycles. The zero-order chi connectivity index (χ0) is 11.4. The fraction of sp³-hybridized carbons (Fsp3) is 0.600. The molecular formula is C10H14ClN3OS. The van der Waals surface area contributed by atoms with Crippen molar-refractivity contribution in [3.05, 3.63) is 17.4 Å². The highest BCUT2D eigenvalue weighted by molar-refractivity contribution is 7.84. The lowest BCUT2D eigenvalue weighted by atomic mass is 10.0. The van der Waals surface area contributed by atoms with Gasteiger partial charge in [0, 0.05) is 5.75 Å². The Labute approximate surface area is 102 Å². The Morgan fingerprint density at radius 2 is 2.25 bits per heavy atom. The maximum absolute atomic E-state index is 11.9. The Bertz CT molecular complexity index is 365. The van der Waals surface area contributed by atoms with Crippen molar-refractivity contribution >= 4 is 22.4 Å². The van der Waals surface area contributed by atoms with E-state index in [1.807, 2.05) is 0 Å². The maximum Gasteiger partial charge on any atom is 0.218 e. The van der Waals surface area contributed by atoms with Gasteiger partial charge in [-0.05, 0) is 31.8 Å². The highest BCUT2D eigenvalue weighted by Crippen LogP contribution is 2.14. The Hall–Kier alpha value is -0.520. The van der Waals surface area contributed by atoms with Gasteiger partial charge in [0.15, 0.2) is 0 Å². The second-order valence-electron chi connectivity index (χ2n) is 3.91. The van der Waals surface area contributed by atoms with Crippen LogP contribution in [0, 0.1) is 5.92 Å². The number of hydrogen-bond acceptors (Lipinski definition) is 4. The molecule has 0 spiro atoms. The normalized spacial score (nSPS) is 22.9. The van der Waals surface area contributed by atoms with Crippen molar-refractivity contribution in [1.29, 1.82) is 0 Å². The van der Waals surface area contributed by atoms with Crippen LogP contribution in [0.4, 0.5) is 0 Å². The molecule has 0 unspecified atom stereocenters. The second-order valence-corrected chi connectivity index (χ2v) is 5.73. The third-order valence-corrected chi connectivity index (χ3v) is 4.17. The first-order chi connectivity index (χ1) is 7.75. The predicted molar refractivity (Wildman–Crippen MR) is 63.9 cm³/mol. The highest BCUT2D eigenvalue weighted by Gasteiger charge is 2.18. The first-order valence-corrected chi connectivity index (χ1v) is 7.02. The minimum absolute atomic E-state index is 0.384. The van der Waals surface area contributed by atoms with E-state index < -0.39 is 10.8 Å². The summed E-state index contributed by atoms with van der Waals surface area (Å²) < 4.78 is 11.9. The largest absolute Gasteiger partial charge is 0.316 e. The molecule has 16 heavy (non-hydrogen) atoms. The van der Waals surface area contributed by atoms with Gasteiger partial charge in [0.2, 0.25) is 5.16 Å². The van der Waals surface area contributed by atoms with Crippen LogP contribution in [0.1, 0.15) is 12.8 Å². The first kappa shape index (κ1) is 12.0. The van der Waals surface area contributed by atoms with Gasteiger partial charge in [0.05, 0.1) is 28.2 Å². The number of nitrogens with one attached hydrogen (secondary N) is 1. The Kier molecular flexibility index (Phi) is 4.26. The molecule has 0 amide bonds. The molecular weight excluding hydrogens is 246 g/mol. The van der Waals surface area contributed by atoms with E-state index in [2.05, 4.69) is 15.3 Å². The van der Waals surface area contributed by atoms with E-state index in [0.717, 1.165) is 25.9 Å². The third-order valence-electron chi connectivity index (χ3n) is 2.59. The summed E-state index contributed by atoms with van der Waals surface area (Å²) in [5.41, 5.74) is 0. The average Bonchev–Trinajstić information content (AvgIpc) is 2.31. The molecule has 0 aliphatic carbocycles. The van der Waals surface area contributed by atoms with Crippen LogP contribution in [0.5, 0.6) is 0 Å². The number of halogens is 1. The van der Waals surface area contributed by atoms with Gasteiger partial charge < -0.3 is 5.32 Å². The second kappa shape index (κ2) is 5.70. The standard InChI is InChI=1S/C10H14ClN3OS/c11-9-5-13-10(14-6-9)16(15)7-8-2-1-3-12-4-8/h5-6,8,12H,1-4,7H2/t8-,16+/m0/s1. The lowest BCUT2D eigenvalue weighted by Gasteiger charge is -2.21. The van der Waals surface area contributed by atoms with E-state index in [9.17, 15) is 4.21 Å². The molecule has 1 fully saturated rings. The van der Waals surface area contributed by atoms with Crippen LogP contribution < -0.4 is 5.32 Å². The molecule has 2 heterocycles. The third kappa shape index (κ3) is 3.23. The number of nitrogens with zero attached hydrogens (tertiary/aromatic N) is 2. The molecule has 4 nitrogen and oxygen atoms in total. The summed E-state index contributed by atoms with van der Waals surface area (Å²) >= 11 is 5.67. The van der Waals surface area contributed by atoms with E-state index in [0.29, 0.717) is 21.8 Å². The fourth-order valence-electron chi connectivity index (χ4n) is 1.77. The molecule has 0 radical (unpaired) electrons. The summed E-state index contributed by atoms with van der Waals surface area (Å²) in [6.07, 6.45) is 5.26. The smallest absolute Gasteiger partial charge is 0.218 e. The summed E-state index contributed by atoms with van der Waals surface area (Å²) in [6, 6.07) is 0. The van der Waals surface area contributed by atoms with Crippen molar-refractivity contribution in [3.8, 4) is 0 Å². The van der Waals surface area contributed by atoms with Gasteiger partial charge in [0.25, 0.3) is 0 Å². The van der Waals surface area contributed by atoms with Crippen LogP contribution >= 0.6 is 11.6 Å². The lowest BCUT2D eigenvalue weighted by Crippen LogP contribution is -2.32. The van der Waals surface area contributed by atoms with Gasteiger partial charge in [-0.3, -0.25) is 4.21 Å². The van der Waals surface area contributed by atoms with Crippen molar-refractivity contribution < 1.29 is 4.21 Å². The molecule has 2 atom stereocenters. The van der Waals surface area contributed by atoms with Gasteiger partial charge in [-0.1, -0.05) is 11.6 Å².